The van der Waals surface area contributed by atoms with E-state index in [-0.39, 0.29) is 13.1 Å². The Labute approximate surface area is 138 Å². The molecule has 1 aromatic carbocycles. The summed E-state index contributed by atoms with van der Waals surface area (Å²) in [4.78, 5) is 36.5. The number of hydrogen-bond acceptors (Lipinski definition) is 6. The first-order valence-corrected chi connectivity index (χ1v) is 8.46. The summed E-state index contributed by atoms with van der Waals surface area (Å²) in [6, 6.07) is 5.98. The molecule has 1 heterocycles. The Kier molecular flexibility index (Phi) is 5.86. The van der Waals surface area contributed by atoms with Crippen LogP contribution < -0.4 is 15.0 Å². The lowest BCUT2D eigenvalue weighted by Gasteiger charge is -2.29. The van der Waals surface area contributed by atoms with Crippen molar-refractivity contribution in [3.05, 3.63) is 24.3 Å². The molecule has 0 aromatic heterocycles. The van der Waals surface area contributed by atoms with E-state index in [9.17, 15) is 14.4 Å². The number of esters is 1. The Hall–Kier alpha value is -2.22. The SMILES string of the molecule is CSCCC(NC(=O)CN1CC(=O)Oc2ccccc21)C(=O)O. The van der Waals surface area contributed by atoms with Crippen molar-refractivity contribution in [1.29, 1.82) is 0 Å². The fourth-order valence-electron chi connectivity index (χ4n) is 2.25. The fourth-order valence-corrected chi connectivity index (χ4v) is 2.72. The highest BCUT2D eigenvalue weighted by Gasteiger charge is 2.27. The number of carboxylic acids is 1. The number of carboxylic acid groups (broad SMARTS) is 1. The number of fused-ring (bicyclic) bond motifs is 1. The molecule has 2 N–H and O–H groups in total. The third-order valence-electron chi connectivity index (χ3n) is 3.33. The molecule has 1 aromatic rings. The molecule has 0 spiro atoms. The van der Waals surface area contributed by atoms with Crippen LogP contribution in [0.25, 0.3) is 0 Å². The minimum absolute atomic E-state index is 0.0486. The predicted octanol–water partition coefficient (Wildman–Crippen LogP) is 0.734. The summed E-state index contributed by atoms with van der Waals surface area (Å²) in [6.45, 7) is -0.151. The molecule has 2 rings (SSSR count). The van der Waals surface area contributed by atoms with E-state index in [1.54, 1.807) is 29.2 Å². The van der Waals surface area contributed by atoms with E-state index in [4.69, 9.17) is 9.84 Å². The van der Waals surface area contributed by atoms with Crippen LogP contribution in [0.3, 0.4) is 0 Å². The van der Waals surface area contributed by atoms with Crippen LogP contribution in [0.1, 0.15) is 6.42 Å². The van der Waals surface area contributed by atoms with Crippen LogP contribution in [-0.2, 0) is 14.4 Å². The summed E-state index contributed by atoms with van der Waals surface area (Å²) in [5, 5.41) is 11.6. The lowest BCUT2D eigenvalue weighted by molar-refractivity contribution is -0.141. The van der Waals surface area contributed by atoms with Crippen molar-refractivity contribution in [3.8, 4) is 5.75 Å². The number of amides is 1. The number of carbonyl (C=O) groups excluding carboxylic acids is 2. The molecule has 1 unspecified atom stereocenters. The second-order valence-electron chi connectivity index (χ2n) is 5.04. The average molecular weight is 338 g/mol. The number of hydrogen-bond donors (Lipinski definition) is 2. The first-order chi connectivity index (χ1) is 11.0. The Morgan fingerprint density at radius 1 is 1.43 bits per heavy atom. The Balaban J connectivity index is 2.02. The molecule has 1 aliphatic rings. The first kappa shape index (κ1) is 17.1. The van der Waals surface area contributed by atoms with Gasteiger partial charge in [-0.1, -0.05) is 12.1 Å². The number of carbonyl (C=O) groups is 3. The van der Waals surface area contributed by atoms with Crippen molar-refractivity contribution >= 4 is 35.3 Å². The third-order valence-corrected chi connectivity index (χ3v) is 3.97. The van der Waals surface area contributed by atoms with Crippen molar-refractivity contribution in [3.63, 3.8) is 0 Å². The van der Waals surface area contributed by atoms with Gasteiger partial charge in [0, 0.05) is 0 Å². The summed E-state index contributed by atoms with van der Waals surface area (Å²) in [5.74, 6) is -0.924. The third kappa shape index (κ3) is 4.62. The number of anilines is 1. The number of nitrogens with zero attached hydrogens (tertiary/aromatic N) is 1. The number of para-hydroxylation sites is 2. The minimum Gasteiger partial charge on any atom is -0.480 e. The molecular formula is C15H18N2O5S. The predicted molar refractivity (Wildman–Crippen MR) is 86.9 cm³/mol. The number of nitrogens with one attached hydrogen (secondary N) is 1. The number of rotatable bonds is 7. The Bertz CT molecular complexity index is 607. The van der Waals surface area contributed by atoms with E-state index in [1.165, 1.54) is 11.8 Å². The largest absolute Gasteiger partial charge is 0.480 e. The van der Waals surface area contributed by atoms with Gasteiger partial charge in [-0.2, -0.15) is 11.8 Å². The van der Waals surface area contributed by atoms with E-state index in [2.05, 4.69) is 5.32 Å². The molecule has 1 aliphatic heterocycles. The van der Waals surface area contributed by atoms with Gasteiger partial charge in [-0.3, -0.25) is 4.79 Å². The zero-order valence-corrected chi connectivity index (χ0v) is 13.5. The number of thioether (sulfide) groups is 1. The summed E-state index contributed by atoms with van der Waals surface area (Å²) >= 11 is 1.51. The van der Waals surface area contributed by atoms with E-state index < -0.39 is 23.9 Å². The van der Waals surface area contributed by atoms with E-state index in [1.807, 2.05) is 6.26 Å². The van der Waals surface area contributed by atoms with E-state index >= 15 is 0 Å². The maximum atomic E-state index is 12.1. The molecule has 0 saturated heterocycles. The molecule has 1 atom stereocenters. The molecular weight excluding hydrogens is 320 g/mol. The smallest absolute Gasteiger partial charge is 0.331 e. The number of ether oxygens (including phenoxy) is 1. The van der Waals surface area contributed by atoms with Crippen LogP contribution in [0.2, 0.25) is 0 Å². The molecule has 0 saturated carbocycles. The normalized spacial score (nSPS) is 14.7. The molecule has 8 heteroatoms. The van der Waals surface area contributed by atoms with Crippen LogP contribution >= 0.6 is 11.8 Å². The number of benzene rings is 1. The van der Waals surface area contributed by atoms with Gasteiger partial charge >= 0.3 is 11.9 Å². The monoisotopic (exact) mass is 338 g/mol. The lowest BCUT2D eigenvalue weighted by Crippen LogP contribution is -2.48. The highest BCUT2D eigenvalue weighted by atomic mass is 32.2. The second-order valence-corrected chi connectivity index (χ2v) is 6.02. The highest BCUT2D eigenvalue weighted by molar-refractivity contribution is 7.98. The Morgan fingerprint density at radius 3 is 2.87 bits per heavy atom. The lowest BCUT2D eigenvalue weighted by atomic mass is 10.2. The minimum atomic E-state index is -1.06. The number of aliphatic carboxylic acids is 1. The summed E-state index contributed by atoms with van der Waals surface area (Å²) < 4.78 is 5.11. The van der Waals surface area contributed by atoms with Crippen molar-refractivity contribution in [2.75, 3.05) is 30.0 Å². The standard InChI is InChI=1S/C15H18N2O5S/c1-23-7-6-10(15(20)21)16-13(18)8-17-9-14(19)22-12-5-3-2-4-11(12)17/h2-5,10H,6-9H2,1H3,(H,16,18)(H,20,21). The molecule has 0 bridgehead atoms. The van der Waals surface area contributed by atoms with E-state index in [0.29, 0.717) is 23.6 Å². The molecule has 23 heavy (non-hydrogen) atoms. The van der Waals surface area contributed by atoms with Crippen LogP contribution in [0.15, 0.2) is 24.3 Å². The van der Waals surface area contributed by atoms with Gasteiger partial charge in [0.15, 0.2) is 5.75 Å². The second kappa shape index (κ2) is 7.87. The van der Waals surface area contributed by atoms with Gasteiger partial charge in [0.2, 0.25) is 5.91 Å². The van der Waals surface area contributed by atoms with Crippen LogP contribution in [0.4, 0.5) is 5.69 Å². The van der Waals surface area contributed by atoms with Gasteiger partial charge in [0.05, 0.1) is 12.2 Å². The van der Waals surface area contributed by atoms with Crippen LogP contribution in [0.5, 0.6) is 5.75 Å². The van der Waals surface area contributed by atoms with Gasteiger partial charge in [-0.05, 0) is 30.6 Å². The van der Waals surface area contributed by atoms with Gasteiger partial charge in [0.25, 0.3) is 0 Å². The zero-order chi connectivity index (χ0) is 16.8. The maximum absolute atomic E-state index is 12.1. The van der Waals surface area contributed by atoms with Crippen molar-refractivity contribution in [1.82, 2.24) is 5.32 Å². The van der Waals surface area contributed by atoms with Gasteiger partial charge < -0.3 is 20.1 Å². The van der Waals surface area contributed by atoms with Gasteiger partial charge in [-0.15, -0.1) is 0 Å². The average Bonchev–Trinajstić information content (AvgIpc) is 2.51. The van der Waals surface area contributed by atoms with Crippen LogP contribution in [-0.4, -0.2) is 54.1 Å². The molecule has 7 nitrogen and oxygen atoms in total. The zero-order valence-electron chi connectivity index (χ0n) is 12.7. The molecule has 0 radical (unpaired) electrons. The highest BCUT2D eigenvalue weighted by Crippen LogP contribution is 2.30. The molecule has 0 aliphatic carbocycles. The molecule has 0 fully saturated rings. The van der Waals surface area contributed by atoms with Gasteiger partial charge in [-0.25, -0.2) is 9.59 Å². The van der Waals surface area contributed by atoms with Crippen molar-refractivity contribution in [2.45, 2.75) is 12.5 Å². The summed E-state index contributed by atoms with van der Waals surface area (Å²) in [6.07, 6.45) is 2.22. The summed E-state index contributed by atoms with van der Waals surface area (Å²) in [5.41, 5.74) is 0.637. The Morgan fingerprint density at radius 2 is 2.17 bits per heavy atom. The maximum Gasteiger partial charge on any atom is 0.331 e. The first-order valence-electron chi connectivity index (χ1n) is 7.07. The quantitative estimate of drug-likeness (QED) is 0.559. The molecule has 1 amide bonds. The fraction of sp³-hybridized carbons (Fsp3) is 0.400. The van der Waals surface area contributed by atoms with Crippen molar-refractivity contribution < 1.29 is 24.2 Å². The van der Waals surface area contributed by atoms with E-state index in [0.717, 1.165) is 0 Å². The topological polar surface area (TPSA) is 95.9 Å². The van der Waals surface area contributed by atoms with Gasteiger partial charge in [0.1, 0.15) is 12.6 Å². The van der Waals surface area contributed by atoms with Crippen molar-refractivity contribution in [2.24, 2.45) is 0 Å². The summed E-state index contributed by atoms with van der Waals surface area (Å²) in [7, 11) is 0. The molecule has 124 valence electrons. The van der Waals surface area contributed by atoms with Crippen LogP contribution in [0, 0.1) is 0 Å².